The Morgan fingerprint density at radius 2 is 1.74 bits per heavy atom. The third-order valence-corrected chi connectivity index (χ3v) is 4.54. The van der Waals surface area contributed by atoms with Crippen LogP contribution in [0, 0.1) is 17.0 Å². The lowest BCUT2D eigenvalue weighted by Crippen LogP contribution is -2.30. The van der Waals surface area contributed by atoms with Crippen molar-refractivity contribution in [1.29, 1.82) is 0 Å². The van der Waals surface area contributed by atoms with Crippen LogP contribution in [0.4, 0.5) is 11.5 Å². The number of aromatic nitrogens is 2. The highest BCUT2D eigenvalue weighted by molar-refractivity contribution is 6.07. The van der Waals surface area contributed by atoms with Gasteiger partial charge in [0.05, 0.1) is 4.92 Å². The first-order valence-corrected chi connectivity index (χ1v) is 9.31. The maximum absolute atomic E-state index is 12.7. The average Bonchev–Trinajstić information content (AvgIpc) is 2.78. The van der Waals surface area contributed by atoms with Crippen molar-refractivity contribution in [2.75, 3.05) is 5.43 Å². The number of nitrogens with zero attached hydrogens (tertiary/aromatic N) is 3. The van der Waals surface area contributed by atoms with Gasteiger partial charge in [-0.05, 0) is 35.9 Å². The maximum atomic E-state index is 12.7. The second-order valence-electron chi connectivity index (χ2n) is 6.65. The van der Waals surface area contributed by atoms with E-state index in [0.29, 0.717) is 11.3 Å². The predicted molar refractivity (Wildman–Crippen MR) is 115 cm³/mol. The van der Waals surface area contributed by atoms with Crippen molar-refractivity contribution < 1.29 is 14.5 Å². The Bertz CT molecular complexity index is 1270. The summed E-state index contributed by atoms with van der Waals surface area (Å²) >= 11 is 0. The molecule has 4 aromatic rings. The first-order valence-electron chi connectivity index (χ1n) is 9.31. The minimum Gasteiger partial charge on any atom is -0.434 e. The van der Waals surface area contributed by atoms with E-state index in [0.717, 1.165) is 22.7 Å². The molecule has 0 fully saturated rings. The van der Waals surface area contributed by atoms with E-state index in [2.05, 4.69) is 20.8 Å². The Kier molecular flexibility index (Phi) is 5.39. The van der Waals surface area contributed by atoms with Gasteiger partial charge in [0, 0.05) is 5.56 Å². The highest BCUT2D eigenvalue weighted by Gasteiger charge is 2.25. The summed E-state index contributed by atoms with van der Waals surface area (Å²) in [6.45, 7) is 1.91. The number of nitro groups is 1. The zero-order valence-corrected chi connectivity index (χ0v) is 16.4. The van der Waals surface area contributed by atoms with Crippen LogP contribution in [-0.2, 0) is 0 Å². The minimum atomic E-state index is -0.671. The first kappa shape index (κ1) is 19.8. The Hall–Kier alpha value is -4.53. The molecule has 0 saturated heterocycles. The largest absolute Gasteiger partial charge is 0.434 e. The van der Waals surface area contributed by atoms with Crippen molar-refractivity contribution in [2.45, 2.75) is 6.92 Å². The molecule has 0 aliphatic heterocycles. The standard InChI is InChI=1S/C22H17N5O4/c1-14-9-11-16(12-10-14)31-22-19(27(29)30)20(23-13-24-22)25-26-21(28)18-8-4-6-15-5-2-3-7-17(15)18/h2-13H,1H3,(H,26,28)(H,23,24,25). The molecule has 0 unspecified atom stereocenters. The van der Waals surface area contributed by atoms with Gasteiger partial charge in [0.15, 0.2) is 0 Å². The molecule has 0 saturated carbocycles. The van der Waals surface area contributed by atoms with E-state index in [-0.39, 0.29) is 11.7 Å². The van der Waals surface area contributed by atoms with E-state index >= 15 is 0 Å². The molecule has 2 N–H and O–H groups in total. The van der Waals surface area contributed by atoms with Crippen molar-refractivity contribution in [1.82, 2.24) is 15.4 Å². The fourth-order valence-corrected chi connectivity index (χ4v) is 3.02. The van der Waals surface area contributed by atoms with Gasteiger partial charge < -0.3 is 4.74 Å². The van der Waals surface area contributed by atoms with Gasteiger partial charge in [0.25, 0.3) is 5.91 Å². The molecular formula is C22H17N5O4. The van der Waals surface area contributed by atoms with Gasteiger partial charge in [0.2, 0.25) is 5.82 Å². The Labute approximate surface area is 176 Å². The van der Waals surface area contributed by atoms with Crippen LogP contribution in [0.3, 0.4) is 0 Å². The van der Waals surface area contributed by atoms with Gasteiger partial charge in [-0.2, -0.15) is 4.98 Å². The van der Waals surface area contributed by atoms with Crippen molar-refractivity contribution in [2.24, 2.45) is 0 Å². The number of benzene rings is 3. The molecule has 1 amide bonds. The van der Waals surface area contributed by atoms with Gasteiger partial charge >= 0.3 is 11.6 Å². The fraction of sp³-hybridized carbons (Fsp3) is 0.0455. The summed E-state index contributed by atoms with van der Waals surface area (Å²) in [4.78, 5) is 31.5. The Balaban J connectivity index is 1.58. The summed E-state index contributed by atoms with van der Waals surface area (Å²) in [5.41, 5.74) is 5.92. The predicted octanol–water partition coefficient (Wildman–Crippen LogP) is 4.40. The van der Waals surface area contributed by atoms with Gasteiger partial charge in [-0.25, -0.2) is 4.98 Å². The van der Waals surface area contributed by atoms with Crippen LogP contribution >= 0.6 is 0 Å². The number of fused-ring (bicyclic) bond motifs is 1. The van der Waals surface area contributed by atoms with Crippen molar-refractivity contribution in [3.8, 4) is 11.6 Å². The molecule has 9 heteroatoms. The van der Waals surface area contributed by atoms with Crippen molar-refractivity contribution in [3.05, 3.63) is 94.3 Å². The number of amides is 1. The van der Waals surface area contributed by atoms with Crippen LogP contribution in [0.1, 0.15) is 15.9 Å². The quantitative estimate of drug-likeness (QED) is 0.354. The highest BCUT2D eigenvalue weighted by Crippen LogP contribution is 2.33. The van der Waals surface area contributed by atoms with E-state index < -0.39 is 16.5 Å². The average molecular weight is 415 g/mol. The maximum Gasteiger partial charge on any atom is 0.374 e. The molecule has 0 spiro atoms. The molecule has 0 bridgehead atoms. The van der Waals surface area contributed by atoms with Crippen LogP contribution in [0.25, 0.3) is 10.8 Å². The number of aryl methyl sites for hydroxylation is 1. The number of nitrogens with one attached hydrogen (secondary N) is 2. The number of hydrogen-bond acceptors (Lipinski definition) is 7. The van der Waals surface area contributed by atoms with Crippen LogP contribution in [-0.4, -0.2) is 20.8 Å². The van der Waals surface area contributed by atoms with Gasteiger partial charge in [-0.3, -0.25) is 25.8 Å². The van der Waals surface area contributed by atoms with Crippen LogP contribution < -0.4 is 15.6 Å². The molecule has 4 rings (SSSR count). The molecule has 0 aliphatic carbocycles. The van der Waals surface area contributed by atoms with Gasteiger partial charge in [-0.15, -0.1) is 0 Å². The fourth-order valence-electron chi connectivity index (χ4n) is 3.02. The number of anilines is 1. The molecule has 3 aromatic carbocycles. The number of ether oxygens (including phenoxy) is 1. The van der Waals surface area contributed by atoms with Gasteiger partial charge in [-0.1, -0.05) is 54.1 Å². The van der Waals surface area contributed by atoms with E-state index in [9.17, 15) is 14.9 Å². The molecular weight excluding hydrogens is 398 g/mol. The summed E-state index contributed by atoms with van der Waals surface area (Å²) in [6, 6.07) is 19.7. The van der Waals surface area contributed by atoms with E-state index in [1.165, 1.54) is 0 Å². The van der Waals surface area contributed by atoms with Crippen LogP contribution in [0.15, 0.2) is 73.1 Å². The molecule has 1 aromatic heterocycles. The smallest absolute Gasteiger partial charge is 0.374 e. The Morgan fingerprint density at radius 3 is 2.52 bits per heavy atom. The molecule has 9 nitrogen and oxygen atoms in total. The highest BCUT2D eigenvalue weighted by atomic mass is 16.6. The summed E-state index contributed by atoms with van der Waals surface area (Å²) in [6.07, 6.45) is 1.11. The van der Waals surface area contributed by atoms with Crippen LogP contribution in [0.2, 0.25) is 0 Å². The summed E-state index contributed by atoms with van der Waals surface area (Å²) in [7, 11) is 0. The number of carbonyl (C=O) groups excluding carboxylic acids is 1. The van der Waals surface area contributed by atoms with E-state index in [4.69, 9.17) is 4.74 Å². The van der Waals surface area contributed by atoms with Crippen LogP contribution in [0.5, 0.6) is 11.6 Å². The number of hydrogen-bond donors (Lipinski definition) is 2. The molecule has 31 heavy (non-hydrogen) atoms. The monoisotopic (exact) mass is 415 g/mol. The summed E-state index contributed by atoms with van der Waals surface area (Å²) in [5, 5.41) is 13.3. The summed E-state index contributed by atoms with van der Waals surface area (Å²) < 4.78 is 5.57. The lowest BCUT2D eigenvalue weighted by molar-refractivity contribution is -0.385. The van der Waals surface area contributed by atoms with Gasteiger partial charge in [0.1, 0.15) is 12.1 Å². The first-order chi connectivity index (χ1) is 15.0. The zero-order valence-electron chi connectivity index (χ0n) is 16.4. The molecule has 1 heterocycles. The number of hydrazine groups is 1. The lowest BCUT2D eigenvalue weighted by Gasteiger charge is -2.11. The SMILES string of the molecule is Cc1ccc(Oc2ncnc(NNC(=O)c3cccc4ccccc34)c2[N+](=O)[O-])cc1. The second kappa shape index (κ2) is 8.46. The molecule has 154 valence electrons. The summed E-state index contributed by atoms with van der Waals surface area (Å²) in [5.74, 6) is -0.523. The zero-order chi connectivity index (χ0) is 21.8. The van der Waals surface area contributed by atoms with Crippen molar-refractivity contribution in [3.63, 3.8) is 0 Å². The lowest BCUT2D eigenvalue weighted by atomic mass is 10.0. The molecule has 0 aliphatic rings. The third kappa shape index (κ3) is 4.25. The number of rotatable bonds is 6. The number of carbonyl (C=O) groups is 1. The van der Waals surface area contributed by atoms with E-state index in [1.807, 2.05) is 49.4 Å². The minimum absolute atomic E-state index is 0.198. The third-order valence-electron chi connectivity index (χ3n) is 4.54. The second-order valence-corrected chi connectivity index (χ2v) is 6.65. The van der Waals surface area contributed by atoms with Crippen molar-refractivity contribution >= 4 is 28.2 Å². The topological polar surface area (TPSA) is 119 Å². The Morgan fingerprint density at radius 1 is 1.00 bits per heavy atom. The van der Waals surface area contributed by atoms with E-state index in [1.54, 1.807) is 24.3 Å². The normalized spacial score (nSPS) is 10.5. The molecule has 0 radical (unpaired) electrons. The molecule has 0 atom stereocenters.